The lowest BCUT2D eigenvalue weighted by Crippen LogP contribution is -1.97. The zero-order valence-corrected chi connectivity index (χ0v) is 12.0. The molecule has 0 saturated carbocycles. The summed E-state index contributed by atoms with van der Waals surface area (Å²) < 4.78 is 39.5. The number of hydrogen-bond donors (Lipinski definition) is 1. The molecule has 0 saturated heterocycles. The van der Waals surface area contributed by atoms with Crippen LogP contribution in [0.5, 0.6) is 11.5 Å². The van der Waals surface area contributed by atoms with Crippen molar-refractivity contribution >= 4 is 10.1 Å². The molecule has 0 atom stereocenters. The molecule has 2 aromatic rings. The average Bonchev–Trinajstić information content (AvgIpc) is 2.48. The Morgan fingerprint density at radius 3 is 1.85 bits per heavy atom. The van der Waals surface area contributed by atoms with Crippen molar-refractivity contribution in [2.24, 2.45) is 0 Å². The van der Waals surface area contributed by atoms with Crippen LogP contribution in [0.2, 0.25) is 0 Å². The predicted molar refractivity (Wildman–Crippen MR) is 75.8 cm³/mol. The molecule has 0 amide bonds. The molecular formula is C14H16O5S. The molecule has 0 unspecified atom stereocenters. The van der Waals surface area contributed by atoms with Gasteiger partial charge >= 0.3 is 0 Å². The van der Waals surface area contributed by atoms with Crippen LogP contribution in [0.4, 0.5) is 0 Å². The van der Waals surface area contributed by atoms with Gasteiger partial charge in [0.05, 0.1) is 19.1 Å². The summed E-state index contributed by atoms with van der Waals surface area (Å²) in [4.78, 5) is -0.165. The van der Waals surface area contributed by atoms with Gasteiger partial charge in [0, 0.05) is 6.07 Å². The van der Waals surface area contributed by atoms with Crippen molar-refractivity contribution in [3.05, 3.63) is 54.6 Å². The first-order valence-corrected chi connectivity index (χ1v) is 7.12. The van der Waals surface area contributed by atoms with Crippen molar-refractivity contribution in [1.82, 2.24) is 0 Å². The lowest BCUT2D eigenvalue weighted by molar-refractivity contribution is 0.412. The van der Waals surface area contributed by atoms with Crippen LogP contribution < -0.4 is 9.47 Å². The first-order chi connectivity index (χ1) is 9.47. The Balaban J connectivity index is 0.000000217. The van der Waals surface area contributed by atoms with Crippen LogP contribution in [0.3, 0.4) is 0 Å². The minimum absolute atomic E-state index is 0.165. The van der Waals surface area contributed by atoms with E-state index in [9.17, 15) is 8.42 Å². The van der Waals surface area contributed by atoms with Crippen LogP contribution in [0.15, 0.2) is 59.5 Å². The van der Waals surface area contributed by atoms with Crippen molar-refractivity contribution in [2.75, 3.05) is 14.2 Å². The summed E-state index contributed by atoms with van der Waals surface area (Å²) in [6.07, 6.45) is 0. The van der Waals surface area contributed by atoms with Crippen LogP contribution >= 0.6 is 0 Å². The molecule has 0 aliphatic rings. The molecule has 1 N–H and O–H groups in total. The van der Waals surface area contributed by atoms with E-state index in [1.54, 1.807) is 13.2 Å². The fourth-order valence-electron chi connectivity index (χ4n) is 1.32. The van der Waals surface area contributed by atoms with Gasteiger partial charge in [-0.25, -0.2) is 0 Å². The highest BCUT2D eigenvalue weighted by Crippen LogP contribution is 2.16. The number of para-hydroxylation sites is 1. The van der Waals surface area contributed by atoms with E-state index in [2.05, 4.69) is 0 Å². The second-order valence-corrected chi connectivity index (χ2v) is 5.09. The van der Waals surface area contributed by atoms with Crippen molar-refractivity contribution in [3.63, 3.8) is 0 Å². The fourth-order valence-corrected chi connectivity index (χ4v) is 1.83. The smallest absolute Gasteiger partial charge is 0.294 e. The van der Waals surface area contributed by atoms with Crippen LogP contribution in [0, 0.1) is 0 Å². The van der Waals surface area contributed by atoms with E-state index in [1.165, 1.54) is 25.3 Å². The highest BCUT2D eigenvalue weighted by molar-refractivity contribution is 7.85. The lowest BCUT2D eigenvalue weighted by atomic mass is 10.3. The third kappa shape index (κ3) is 5.29. The molecule has 0 heterocycles. The van der Waals surface area contributed by atoms with Gasteiger partial charge in [0.1, 0.15) is 11.5 Å². The first kappa shape index (κ1) is 16.0. The summed E-state index contributed by atoms with van der Waals surface area (Å²) in [6, 6.07) is 15.3. The topological polar surface area (TPSA) is 72.8 Å². The minimum atomic E-state index is -4.12. The van der Waals surface area contributed by atoms with Gasteiger partial charge in [0.25, 0.3) is 10.1 Å². The fraction of sp³-hybridized carbons (Fsp3) is 0.143. The van der Waals surface area contributed by atoms with Gasteiger partial charge in [0.15, 0.2) is 0 Å². The van der Waals surface area contributed by atoms with Gasteiger partial charge in [-0.1, -0.05) is 24.3 Å². The molecule has 20 heavy (non-hydrogen) atoms. The van der Waals surface area contributed by atoms with Crippen LogP contribution in [-0.2, 0) is 10.1 Å². The average molecular weight is 296 g/mol. The van der Waals surface area contributed by atoms with E-state index in [0.29, 0.717) is 5.75 Å². The summed E-state index contributed by atoms with van der Waals surface area (Å²) in [5, 5.41) is 0. The lowest BCUT2D eigenvalue weighted by Gasteiger charge is -2.00. The number of hydrogen-bond acceptors (Lipinski definition) is 4. The van der Waals surface area contributed by atoms with Crippen LogP contribution in [0.1, 0.15) is 0 Å². The van der Waals surface area contributed by atoms with Gasteiger partial charge in [0.2, 0.25) is 0 Å². The monoisotopic (exact) mass is 296 g/mol. The van der Waals surface area contributed by atoms with Gasteiger partial charge in [-0.3, -0.25) is 4.55 Å². The number of ether oxygens (including phenoxy) is 2. The first-order valence-electron chi connectivity index (χ1n) is 5.68. The maximum Gasteiger partial charge on any atom is 0.294 e. The molecule has 0 spiro atoms. The quantitative estimate of drug-likeness (QED) is 0.881. The summed E-state index contributed by atoms with van der Waals surface area (Å²) in [5.74, 6) is 1.30. The molecule has 2 aromatic carbocycles. The molecule has 6 heteroatoms. The molecule has 0 aliphatic heterocycles. The molecule has 0 fully saturated rings. The van der Waals surface area contributed by atoms with Gasteiger partial charge in [-0.05, 0) is 24.3 Å². The molecule has 0 radical (unpaired) electrons. The summed E-state index contributed by atoms with van der Waals surface area (Å²) in [6.45, 7) is 0. The van der Waals surface area contributed by atoms with Crippen molar-refractivity contribution in [2.45, 2.75) is 4.90 Å². The minimum Gasteiger partial charge on any atom is -0.497 e. The summed E-state index contributed by atoms with van der Waals surface area (Å²) in [7, 11) is -1.03. The maximum atomic E-state index is 10.6. The highest BCUT2D eigenvalue weighted by atomic mass is 32.2. The normalized spacial score (nSPS) is 10.2. The molecule has 0 aromatic heterocycles. The number of benzene rings is 2. The van der Waals surface area contributed by atoms with Crippen LogP contribution in [0.25, 0.3) is 0 Å². The summed E-state index contributed by atoms with van der Waals surface area (Å²) >= 11 is 0. The Hall–Kier alpha value is -2.05. The highest BCUT2D eigenvalue weighted by Gasteiger charge is 2.08. The zero-order valence-electron chi connectivity index (χ0n) is 11.2. The number of methoxy groups -OCH3 is 2. The van der Waals surface area contributed by atoms with E-state index in [-0.39, 0.29) is 4.90 Å². The standard InChI is InChI=1S/C7H8O4S.C7H8O/c1-11-6-3-2-4-7(5-6)12(8,9)10;1-8-7-5-3-2-4-6-7/h2-5H,1H3,(H,8,9,10);2-6H,1H3. The second-order valence-electron chi connectivity index (χ2n) is 3.67. The molecule has 108 valence electrons. The van der Waals surface area contributed by atoms with Crippen molar-refractivity contribution in [3.8, 4) is 11.5 Å². The van der Waals surface area contributed by atoms with Gasteiger partial charge in [-0.15, -0.1) is 0 Å². The predicted octanol–water partition coefficient (Wildman–Crippen LogP) is 2.64. The van der Waals surface area contributed by atoms with Gasteiger partial charge in [-0.2, -0.15) is 8.42 Å². The Morgan fingerprint density at radius 1 is 0.850 bits per heavy atom. The maximum absolute atomic E-state index is 10.6. The molecule has 0 aliphatic carbocycles. The van der Waals surface area contributed by atoms with Crippen LogP contribution in [-0.4, -0.2) is 27.2 Å². The second kappa shape index (κ2) is 7.52. The Kier molecular flexibility index (Phi) is 6.02. The molecule has 2 rings (SSSR count). The largest absolute Gasteiger partial charge is 0.497 e. The van der Waals surface area contributed by atoms with Gasteiger partial charge < -0.3 is 9.47 Å². The Morgan fingerprint density at radius 2 is 1.40 bits per heavy atom. The molecule has 0 bridgehead atoms. The summed E-state index contributed by atoms with van der Waals surface area (Å²) in [5.41, 5.74) is 0. The van der Waals surface area contributed by atoms with Crippen molar-refractivity contribution < 1.29 is 22.4 Å². The van der Waals surface area contributed by atoms with E-state index in [4.69, 9.17) is 14.0 Å². The Bertz CT molecular complexity index is 623. The zero-order chi connectivity index (χ0) is 15.0. The molecular weight excluding hydrogens is 280 g/mol. The van der Waals surface area contributed by atoms with Crippen molar-refractivity contribution in [1.29, 1.82) is 0 Å². The number of rotatable bonds is 3. The third-order valence-electron chi connectivity index (χ3n) is 2.32. The molecule has 5 nitrogen and oxygen atoms in total. The van der Waals surface area contributed by atoms with E-state index in [0.717, 1.165) is 5.75 Å². The van der Waals surface area contributed by atoms with E-state index in [1.807, 2.05) is 30.3 Å². The van der Waals surface area contributed by atoms with E-state index < -0.39 is 10.1 Å². The third-order valence-corrected chi connectivity index (χ3v) is 3.17. The Labute approximate surface area is 118 Å². The SMILES string of the molecule is COc1cccc(S(=O)(=O)O)c1.COc1ccccc1. The van der Waals surface area contributed by atoms with E-state index >= 15 is 0 Å².